The van der Waals surface area contributed by atoms with E-state index >= 15 is 0 Å². The van der Waals surface area contributed by atoms with Crippen LogP contribution in [0.5, 0.6) is 0 Å². The van der Waals surface area contributed by atoms with Crippen LogP contribution in [0.25, 0.3) is 11.1 Å². The molecule has 3 rings (SSSR count). The fraction of sp³-hybridized carbons (Fsp3) is 0.235. The number of hydrogen-bond acceptors (Lipinski definition) is 1. The lowest BCUT2D eigenvalue weighted by Gasteiger charge is -2.29. The molecule has 2 nitrogen and oxygen atoms in total. The zero-order chi connectivity index (χ0) is 13.2. The van der Waals surface area contributed by atoms with Crippen LogP contribution in [0.2, 0.25) is 0 Å². The molecule has 2 heteroatoms. The van der Waals surface area contributed by atoms with Gasteiger partial charge in [0.15, 0.2) is 0 Å². The largest absolute Gasteiger partial charge is 0.312 e. The van der Waals surface area contributed by atoms with Crippen molar-refractivity contribution in [1.29, 1.82) is 0 Å². The molecule has 1 aliphatic rings. The summed E-state index contributed by atoms with van der Waals surface area (Å²) in [4.78, 5) is 13.5. The number of nitrogens with zero attached hydrogens (tertiary/aromatic N) is 1. The summed E-state index contributed by atoms with van der Waals surface area (Å²) < 4.78 is 0. The third-order valence-corrected chi connectivity index (χ3v) is 3.69. The van der Waals surface area contributed by atoms with Crippen molar-refractivity contribution in [2.24, 2.45) is 0 Å². The molecule has 19 heavy (non-hydrogen) atoms. The van der Waals surface area contributed by atoms with Crippen LogP contribution in [0.1, 0.15) is 18.9 Å². The second-order valence-corrected chi connectivity index (χ2v) is 4.98. The maximum absolute atomic E-state index is 11.6. The number of aryl methyl sites for hydroxylation is 1. The minimum atomic E-state index is 0.133. The first-order valence-corrected chi connectivity index (χ1v) is 6.72. The average molecular weight is 251 g/mol. The highest BCUT2D eigenvalue weighted by atomic mass is 16.2. The topological polar surface area (TPSA) is 20.3 Å². The van der Waals surface area contributed by atoms with Crippen molar-refractivity contribution < 1.29 is 4.79 Å². The molecule has 0 atom stereocenters. The van der Waals surface area contributed by atoms with E-state index in [0.29, 0.717) is 0 Å². The van der Waals surface area contributed by atoms with Crippen LogP contribution in [0, 0.1) is 0 Å². The average Bonchev–Trinajstić information content (AvgIpc) is 2.47. The third-order valence-electron chi connectivity index (χ3n) is 3.69. The molecule has 0 fully saturated rings. The lowest BCUT2D eigenvalue weighted by Crippen LogP contribution is -2.33. The number of fused-ring (bicyclic) bond motifs is 1. The Morgan fingerprint density at radius 1 is 1.05 bits per heavy atom. The Balaban J connectivity index is 2.03. The van der Waals surface area contributed by atoms with E-state index in [1.807, 2.05) is 11.0 Å². The van der Waals surface area contributed by atoms with Crippen LogP contribution >= 0.6 is 0 Å². The summed E-state index contributed by atoms with van der Waals surface area (Å²) in [6, 6.07) is 16.8. The molecular formula is C17H17NO. The van der Waals surface area contributed by atoms with E-state index in [1.165, 1.54) is 16.7 Å². The van der Waals surface area contributed by atoms with Crippen molar-refractivity contribution in [3.8, 4) is 11.1 Å². The van der Waals surface area contributed by atoms with Crippen LogP contribution in [0.15, 0.2) is 48.5 Å². The van der Waals surface area contributed by atoms with Gasteiger partial charge in [-0.15, -0.1) is 0 Å². The second kappa shape index (κ2) is 4.88. The molecule has 0 saturated carbocycles. The standard InChI is InChI=1S/C17H17NO/c1-13(19)18-11-5-8-16-12-15(9-10-17(16)18)14-6-3-2-4-7-14/h2-4,6-7,9-10,12H,5,8,11H2,1H3. The van der Waals surface area contributed by atoms with E-state index in [1.54, 1.807) is 6.92 Å². The van der Waals surface area contributed by atoms with E-state index in [-0.39, 0.29) is 5.91 Å². The lowest BCUT2D eigenvalue weighted by molar-refractivity contribution is -0.116. The summed E-state index contributed by atoms with van der Waals surface area (Å²) in [5.74, 6) is 0.133. The van der Waals surface area contributed by atoms with Gasteiger partial charge in [-0.05, 0) is 41.7 Å². The molecule has 2 aromatic rings. The van der Waals surface area contributed by atoms with Gasteiger partial charge in [0.1, 0.15) is 0 Å². The van der Waals surface area contributed by atoms with Crippen molar-refractivity contribution in [1.82, 2.24) is 0 Å². The zero-order valence-electron chi connectivity index (χ0n) is 11.1. The summed E-state index contributed by atoms with van der Waals surface area (Å²) in [7, 11) is 0. The van der Waals surface area contributed by atoms with Gasteiger partial charge < -0.3 is 4.90 Å². The minimum Gasteiger partial charge on any atom is -0.312 e. The lowest BCUT2D eigenvalue weighted by atomic mass is 9.96. The molecule has 0 aromatic heterocycles. The summed E-state index contributed by atoms with van der Waals surface area (Å²) in [6.45, 7) is 2.48. The van der Waals surface area contributed by atoms with Crippen molar-refractivity contribution in [2.45, 2.75) is 19.8 Å². The molecule has 0 aliphatic carbocycles. The molecule has 0 radical (unpaired) electrons. The number of hydrogen-bond donors (Lipinski definition) is 0. The van der Waals surface area contributed by atoms with Gasteiger partial charge in [0.05, 0.1) is 0 Å². The summed E-state index contributed by atoms with van der Waals surface area (Å²) in [5, 5.41) is 0. The molecule has 2 aromatic carbocycles. The number of carbonyl (C=O) groups excluding carboxylic acids is 1. The molecular weight excluding hydrogens is 234 g/mol. The first kappa shape index (κ1) is 12.0. The van der Waals surface area contributed by atoms with Gasteiger partial charge in [0, 0.05) is 19.2 Å². The Labute approximate surface area is 113 Å². The van der Waals surface area contributed by atoms with Gasteiger partial charge >= 0.3 is 0 Å². The van der Waals surface area contributed by atoms with Crippen LogP contribution in [-0.4, -0.2) is 12.5 Å². The number of anilines is 1. The first-order valence-electron chi connectivity index (χ1n) is 6.72. The van der Waals surface area contributed by atoms with Crippen molar-refractivity contribution in [2.75, 3.05) is 11.4 Å². The highest BCUT2D eigenvalue weighted by Gasteiger charge is 2.19. The van der Waals surface area contributed by atoms with Crippen LogP contribution < -0.4 is 4.90 Å². The van der Waals surface area contributed by atoms with Crippen LogP contribution in [0.3, 0.4) is 0 Å². The van der Waals surface area contributed by atoms with Gasteiger partial charge in [-0.2, -0.15) is 0 Å². The molecule has 1 aliphatic heterocycles. The van der Waals surface area contributed by atoms with E-state index in [2.05, 4.69) is 42.5 Å². The number of rotatable bonds is 1. The zero-order valence-corrected chi connectivity index (χ0v) is 11.1. The molecule has 0 bridgehead atoms. The summed E-state index contributed by atoms with van der Waals surface area (Å²) >= 11 is 0. The molecule has 0 N–H and O–H groups in total. The first-order chi connectivity index (χ1) is 9.25. The minimum absolute atomic E-state index is 0.133. The van der Waals surface area contributed by atoms with Gasteiger partial charge in [-0.25, -0.2) is 0 Å². The predicted molar refractivity (Wildman–Crippen MR) is 78.2 cm³/mol. The maximum atomic E-state index is 11.6. The van der Waals surface area contributed by atoms with Crippen LogP contribution in [-0.2, 0) is 11.2 Å². The molecule has 0 unspecified atom stereocenters. The van der Waals surface area contributed by atoms with E-state index in [0.717, 1.165) is 25.1 Å². The predicted octanol–water partition coefficient (Wildman–Crippen LogP) is 3.65. The van der Waals surface area contributed by atoms with E-state index < -0.39 is 0 Å². The number of benzene rings is 2. The molecule has 1 amide bonds. The van der Waals surface area contributed by atoms with E-state index in [9.17, 15) is 4.79 Å². The van der Waals surface area contributed by atoms with Gasteiger partial charge in [-0.3, -0.25) is 4.79 Å². The fourth-order valence-corrected chi connectivity index (χ4v) is 2.73. The van der Waals surface area contributed by atoms with Crippen LogP contribution in [0.4, 0.5) is 5.69 Å². The number of amides is 1. The van der Waals surface area contributed by atoms with Gasteiger partial charge in [-0.1, -0.05) is 36.4 Å². The van der Waals surface area contributed by atoms with Crippen molar-refractivity contribution in [3.63, 3.8) is 0 Å². The quantitative estimate of drug-likeness (QED) is 0.757. The van der Waals surface area contributed by atoms with E-state index in [4.69, 9.17) is 0 Å². The maximum Gasteiger partial charge on any atom is 0.223 e. The monoisotopic (exact) mass is 251 g/mol. The third kappa shape index (κ3) is 2.26. The summed E-state index contributed by atoms with van der Waals surface area (Å²) in [6.07, 6.45) is 2.10. The molecule has 1 heterocycles. The molecule has 0 saturated heterocycles. The molecule has 0 spiro atoms. The molecule has 96 valence electrons. The van der Waals surface area contributed by atoms with Crippen molar-refractivity contribution in [3.05, 3.63) is 54.1 Å². The Morgan fingerprint density at radius 3 is 2.58 bits per heavy atom. The second-order valence-electron chi connectivity index (χ2n) is 4.98. The Hall–Kier alpha value is -2.09. The number of carbonyl (C=O) groups is 1. The van der Waals surface area contributed by atoms with Crippen molar-refractivity contribution >= 4 is 11.6 Å². The van der Waals surface area contributed by atoms with Gasteiger partial charge in [0.2, 0.25) is 5.91 Å². The van der Waals surface area contributed by atoms with Gasteiger partial charge in [0.25, 0.3) is 0 Å². The Morgan fingerprint density at radius 2 is 1.84 bits per heavy atom. The normalized spacial score (nSPS) is 14.1. The summed E-state index contributed by atoms with van der Waals surface area (Å²) in [5.41, 5.74) is 4.82. The highest BCUT2D eigenvalue weighted by molar-refractivity contribution is 5.93. The smallest absolute Gasteiger partial charge is 0.223 e. The SMILES string of the molecule is CC(=O)N1CCCc2cc(-c3ccccc3)ccc21. The Bertz CT molecular complexity index is 604. The Kier molecular flexibility index (Phi) is 3.08. The fourth-order valence-electron chi connectivity index (χ4n) is 2.73. The highest BCUT2D eigenvalue weighted by Crippen LogP contribution is 2.31.